The fourth-order valence-corrected chi connectivity index (χ4v) is 4.47. The summed E-state index contributed by atoms with van der Waals surface area (Å²) in [6.07, 6.45) is 7.92. The normalized spacial score (nSPS) is 18.6. The van der Waals surface area contributed by atoms with Crippen molar-refractivity contribution in [2.24, 2.45) is 0 Å². The van der Waals surface area contributed by atoms with Gasteiger partial charge in [-0.05, 0) is 37.5 Å². The van der Waals surface area contributed by atoms with Crippen LogP contribution in [-0.2, 0) is 10.0 Å². The van der Waals surface area contributed by atoms with Gasteiger partial charge < -0.3 is 5.32 Å². The Morgan fingerprint density at radius 2 is 2.12 bits per heavy atom. The lowest BCUT2D eigenvalue weighted by Gasteiger charge is -2.33. The number of nitrogens with one attached hydrogen (secondary N) is 2. The van der Waals surface area contributed by atoms with E-state index < -0.39 is 10.0 Å². The second-order valence-electron chi connectivity index (χ2n) is 6.47. The topological polar surface area (TPSA) is 108 Å². The van der Waals surface area contributed by atoms with Crippen molar-refractivity contribution in [2.75, 3.05) is 19.3 Å². The van der Waals surface area contributed by atoms with Gasteiger partial charge in [0.05, 0.1) is 11.9 Å². The minimum absolute atomic E-state index is 0.0480. The average Bonchev–Trinajstić information content (AvgIpc) is 3.12. The molecule has 3 rings (SSSR count). The maximum atomic E-state index is 12.3. The van der Waals surface area contributed by atoms with Crippen molar-refractivity contribution in [3.8, 4) is 11.3 Å². The third kappa shape index (κ3) is 4.47. The number of amides is 1. The molecular weight excluding hydrogens is 354 g/mol. The van der Waals surface area contributed by atoms with Crippen LogP contribution in [0.2, 0.25) is 0 Å². The SMILES string of the molecule is CS(=O)(=O)N1CCCC[C@H]1CCNC(=O)c1cc(-c2ccncc2)n[nH]1. The van der Waals surface area contributed by atoms with Crippen LogP contribution in [0.15, 0.2) is 30.6 Å². The summed E-state index contributed by atoms with van der Waals surface area (Å²) in [5.74, 6) is -0.250. The fourth-order valence-electron chi connectivity index (χ4n) is 3.26. The number of aromatic nitrogens is 3. The molecule has 26 heavy (non-hydrogen) atoms. The summed E-state index contributed by atoms with van der Waals surface area (Å²) in [5, 5.41) is 9.72. The molecule has 0 aliphatic carbocycles. The second kappa shape index (κ2) is 7.96. The average molecular weight is 377 g/mol. The van der Waals surface area contributed by atoms with Crippen LogP contribution in [0, 0.1) is 0 Å². The predicted octanol–water partition coefficient (Wildman–Crippen LogP) is 1.41. The first-order valence-electron chi connectivity index (χ1n) is 8.66. The first-order valence-corrected chi connectivity index (χ1v) is 10.5. The van der Waals surface area contributed by atoms with Gasteiger partial charge >= 0.3 is 0 Å². The van der Waals surface area contributed by atoms with Crippen molar-refractivity contribution in [1.82, 2.24) is 24.8 Å². The van der Waals surface area contributed by atoms with E-state index >= 15 is 0 Å². The summed E-state index contributed by atoms with van der Waals surface area (Å²) in [7, 11) is -3.21. The molecule has 1 amide bonds. The Balaban J connectivity index is 1.55. The number of hydrogen-bond donors (Lipinski definition) is 2. The first kappa shape index (κ1) is 18.5. The summed E-state index contributed by atoms with van der Waals surface area (Å²) < 4.78 is 25.3. The van der Waals surface area contributed by atoms with E-state index in [0.29, 0.717) is 30.9 Å². The lowest BCUT2D eigenvalue weighted by molar-refractivity contribution is 0.0944. The molecule has 2 aromatic rings. The van der Waals surface area contributed by atoms with Gasteiger partial charge in [-0.3, -0.25) is 14.9 Å². The molecule has 1 aliphatic rings. The Labute approximate surface area is 153 Å². The van der Waals surface area contributed by atoms with E-state index in [1.807, 2.05) is 12.1 Å². The quantitative estimate of drug-likeness (QED) is 0.791. The van der Waals surface area contributed by atoms with Crippen molar-refractivity contribution in [3.05, 3.63) is 36.3 Å². The van der Waals surface area contributed by atoms with Crippen molar-refractivity contribution in [2.45, 2.75) is 31.7 Å². The number of rotatable bonds is 6. The minimum atomic E-state index is -3.21. The number of pyridine rings is 1. The van der Waals surface area contributed by atoms with Gasteiger partial charge in [0.25, 0.3) is 5.91 Å². The zero-order valence-corrected chi connectivity index (χ0v) is 15.5. The van der Waals surface area contributed by atoms with Crippen LogP contribution in [0.1, 0.15) is 36.2 Å². The molecular formula is C17H23N5O3S. The number of carbonyl (C=O) groups excluding carboxylic acids is 1. The van der Waals surface area contributed by atoms with Crippen LogP contribution in [0.3, 0.4) is 0 Å². The smallest absolute Gasteiger partial charge is 0.269 e. The predicted molar refractivity (Wildman–Crippen MR) is 98.0 cm³/mol. The zero-order valence-electron chi connectivity index (χ0n) is 14.7. The molecule has 3 heterocycles. The van der Waals surface area contributed by atoms with E-state index in [4.69, 9.17) is 0 Å². The second-order valence-corrected chi connectivity index (χ2v) is 8.41. The molecule has 0 radical (unpaired) electrons. The molecule has 140 valence electrons. The molecule has 0 unspecified atom stereocenters. The molecule has 0 aromatic carbocycles. The molecule has 1 aliphatic heterocycles. The Morgan fingerprint density at radius 1 is 1.35 bits per heavy atom. The summed E-state index contributed by atoms with van der Waals surface area (Å²) >= 11 is 0. The number of aromatic amines is 1. The lowest BCUT2D eigenvalue weighted by Crippen LogP contribution is -2.44. The van der Waals surface area contributed by atoms with E-state index in [1.165, 1.54) is 6.26 Å². The summed E-state index contributed by atoms with van der Waals surface area (Å²) in [6.45, 7) is 0.979. The van der Waals surface area contributed by atoms with Crippen LogP contribution in [0.25, 0.3) is 11.3 Å². The van der Waals surface area contributed by atoms with E-state index in [1.54, 1.807) is 22.8 Å². The Hall–Kier alpha value is -2.26. The van der Waals surface area contributed by atoms with Gasteiger partial charge in [-0.2, -0.15) is 9.40 Å². The van der Waals surface area contributed by atoms with Crippen LogP contribution >= 0.6 is 0 Å². The van der Waals surface area contributed by atoms with E-state index in [-0.39, 0.29) is 11.9 Å². The highest BCUT2D eigenvalue weighted by Crippen LogP contribution is 2.22. The Bertz CT molecular complexity index is 850. The maximum Gasteiger partial charge on any atom is 0.269 e. The lowest BCUT2D eigenvalue weighted by atomic mass is 10.0. The molecule has 0 spiro atoms. The van der Waals surface area contributed by atoms with Gasteiger partial charge in [-0.15, -0.1) is 0 Å². The highest BCUT2D eigenvalue weighted by molar-refractivity contribution is 7.88. The molecule has 1 atom stereocenters. The van der Waals surface area contributed by atoms with Gasteiger partial charge in [0.2, 0.25) is 10.0 Å². The van der Waals surface area contributed by atoms with E-state index in [9.17, 15) is 13.2 Å². The van der Waals surface area contributed by atoms with Gasteiger partial charge in [-0.25, -0.2) is 8.42 Å². The fraction of sp³-hybridized carbons (Fsp3) is 0.471. The van der Waals surface area contributed by atoms with Crippen molar-refractivity contribution in [3.63, 3.8) is 0 Å². The van der Waals surface area contributed by atoms with Crippen LogP contribution in [0.5, 0.6) is 0 Å². The highest BCUT2D eigenvalue weighted by Gasteiger charge is 2.28. The monoisotopic (exact) mass is 377 g/mol. The van der Waals surface area contributed by atoms with E-state index in [2.05, 4.69) is 20.5 Å². The van der Waals surface area contributed by atoms with Gasteiger partial charge in [-0.1, -0.05) is 6.42 Å². The number of H-pyrrole nitrogens is 1. The zero-order chi connectivity index (χ0) is 18.6. The number of carbonyl (C=O) groups is 1. The van der Waals surface area contributed by atoms with Crippen molar-refractivity contribution in [1.29, 1.82) is 0 Å². The van der Waals surface area contributed by atoms with Crippen LogP contribution in [0.4, 0.5) is 0 Å². The van der Waals surface area contributed by atoms with E-state index in [0.717, 1.165) is 24.8 Å². The van der Waals surface area contributed by atoms with Crippen molar-refractivity contribution >= 4 is 15.9 Å². The number of hydrogen-bond acceptors (Lipinski definition) is 5. The minimum Gasteiger partial charge on any atom is -0.351 e. The first-order chi connectivity index (χ1) is 12.4. The third-order valence-corrected chi connectivity index (χ3v) is 5.89. The molecule has 1 saturated heterocycles. The molecule has 9 heteroatoms. The highest BCUT2D eigenvalue weighted by atomic mass is 32.2. The largest absolute Gasteiger partial charge is 0.351 e. The van der Waals surface area contributed by atoms with Crippen LogP contribution in [-0.4, -0.2) is 59.2 Å². The molecule has 8 nitrogen and oxygen atoms in total. The third-order valence-electron chi connectivity index (χ3n) is 4.56. The molecule has 0 bridgehead atoms. The van der Waals surface area contributed by atoms with Gasteiger partial charge in [0, 0.05) is 37.1 Å². The van der Waals surface area contributed by atoms with Crippen LogP contribution < -0.4 is 5.32 Å². The molecule has 1 fully saturated rings. The van der Waals surface area contributed by atoms with Crippen molar-refractivity contribution < 1.29 is 13.2 Å². The standard InChI is InChI=1S/C17H23N5O3S/c1-26(24,25)22-11-3-2-4-14(22)7-10-19-17(23)16-12-15(20-21-16)13-5-8-18-9-6-13/h5-6,8-9,12,14H,2-4,7,10-11H2,1H3,(H,19,23)(H,20,21)/t14-/m0/s1. The molecule has 2 N–H and O–H groups in total. The summed E-state index contributed by atoms with van der Waals surface area (Å²) in [5.41, 5.74) is 1.93. The summed E-state index contributed by atoms with van der Waals surface area (Å²) in [6, 6.07) is 5.28. The maximum absolute atomic E-state index is 12.3. The Kier molecular flexibility index (Phi) is 5.67. The van der Waals surface area contributed by atoms with Gasteiger partial charge in [0.1, 0.15) is 5.69 Å². The summed E-state index contributed by atoms with van der Waals surface area (Å²) in [4.78, 5) is 16.2. The van der Waals surface area contributed by atoms with Gasteiger partial charge in [0.15, 0.2) is 0 Å². The molecule has 2 aromatic heterocycles. The number of sulfonamides is 1. The molecule has 0 saturated carbocycles. The Morgan fingerprint density at radius 3 is 2.85 bits per heavy atom. The number of nitrogens with zero attached hydrogens (tertiary/aromatic N) is 3. The number of piperidine rings is 1.